The fourth-order valence-electron chi connectivity index (χ4n) is 2.28. The SMILES string of the molecule is CN(C(=O)c1cccc(I)c1)C1CCCC1. The lowest BCUT2D eigenvalue weighted by Gasteiger charge is -2.24. The minimum atomic E-state index is 0.158. The first kappa shape index (κ1) is 11.9. The molecule has 1 aromatic rings. The van der Waals surface area contributed by atoms with Crippen LogP contribution in [0.15, 0.2) is 24.3 Å². The van der Waals surface area contributed by atoms with E-state index in [1.807, 2.05) is 36.2 Å². The molecule has 0 bridgehead atoms. The highest BCUT2D eigenvalue weighted by Gasteiger charge is 2.24. The van der Waals surface area contributed by atoms with Crippen molar-refractivity contribution in [3.05, 3.63) is 33.4 Å². The lowest BCUT2D eigenvalue weighted by Crippen LogP contribution is -2.35. The summed E-state index contributed by atoms with van der Waals surface area (Å²) in [5, 5.41) is 0. The average Bonchev–Trinajstić information content (AvgIpc) is 2.80. The molecule has 0 heterocycles. The Labute approximate surface area is 110 Å². The van der Waals surface area contributed by atoms with Crippen LogP contribution in [0.4, 0.5) is 0 Å². The maximum absolute atomic E-state index is 12.2. The predicted molar refractivity (Wildman–Crippen MR) is 73.5 cm³/mol. The van der Waals surface area contributed by atoms with Gasteiger partial charge in [0.05, 0.1) is 0 Å². The van der Waals surface area contributed by atoms with Gasteiger partial charge in [0.15, 0.2) is 0 Å². The van der Waals surface area contributed by atoms with Crippen LogP contribution in [0.3, 0.4) is 0 Å². The van der Waals surface area contributed by atoms with Crippen molar-refractivity contribution in [2.24, 2.45) is 0 Å². The van der Waals surface area contributed by atoms with Crippen molar-refractivity contribution in [3.8, 4) is 0 Å². The minimum absolute atomic E-state index is 0.158. The van der Waals surface area contributed by atoms with Gasteiger partial charge in [-0.2, -0.15) is 0 Å². The summed E-state index contributed by atoms with van der Waals surface area (Å²) in [5.41, 5.74) is 0.807. The predicted octanol–water partition coefficient (Wildman–Crippen LogP) is 3.31. The molecule has 0 unspecified atom stereocenters. The smallest absolute Gasteiger partial charge is 0.253 e. The molecule has 3 heteroatoms. The van der Waals surface area contributed by atoms with E-state index in [2.05, 4.69) is 22.6 Å². The van der Waals surface area contributed by atoms with Gasteiger partial charge in [-0.15, -0.1) is 0 Å². The maximum atomic E-state index is 12.2. The number of hydrogen-bond donors (Lipinski definition) is 0. The number of benzene rings is 1. The van der Waals surface area contributed by atoms with Gasteiger partial charge >= 0.3 is 0 Å². The van der Waals surface area contributed by atoms with Gasteiger partial charge in [0.1, 0.15) is 0 Å². The number of carbonyl (C=O) groups is 1. The van der Waals surface area contributed by atoms with E-state index in [0.29, 0.717) is 6.04 Å². The van der Waals surface area contributed by atoms with E-state index in [9.17, 15) is 4.79 Å². The van der Waals surface area contributed by atoms with Crippen LogP contribution < -0.4 is 0 Å². The number of hydrogen-bond acceptors (Lipinski definition) is 1. The Kier molecular flexibility index (Phi) is 3.84. The van der Waals surface area contributed by atoms with E-state index in [1.54, 1.807) is 0 Å². The Morgan fingerprint density at radius 1 is 1.38 bits per heavy atom. The zero-order valence-electron chi connectivity index (χ0n) is 9.45. The molecule has 1 aromatic carbocycles. The van der Waals surface area contributed by atoms with Gasteiger partial charge < -0.3 is 4.90 Å². The van der Waals surface area contributed by atoms with Gasteiger partial charge in [0.25, 0.3) is 5.91 Å². The largest absolute Gasteiger partial charge is 0.339 e. The maximum Gasteiger partial charge on any atom is 0.253 e. The third kappa shape index (κ3) is 2.56. The van der Waals surface area contributed by atoms with E-state index in [0.717, 1.165) is 22.0 Å². The standard InChI is InChI=1S/C13H16INO/c1-15(12-7-2-3-8-12)13(16)10-5-4-6-11(14)9-10/h4-6,9,12H,2-3,7-8H2,1H3. The van der Waals surface area contributed by atoms with Crippen molar-refractivity contribution in [2.45, 2.75) is 31.7 Å². The summed E-state index contributed by atoms with van der Waals surface area (Å²) < 4.78 is 1.11. The lowest BCUT2D eigenvalue weighted by atomic mass is 10.1. The Morgan fingerprint density at radius 3 is 2.69 bits per heavy atom. The van der Waals surface area contributed by atoms with Crippen LogP contribution in [0.2, 0.25) is 0 Å². The molecule has 1 amide bonds. The molecule has 0 N–H and O–H groups in total. The monoisotopic (exact) mass is 329 g/mol. The quantitative estimate of drug-likeness (QED) is 0.763. The molecule has 2 nitrogen and oxygen atoms in total. The molecule has 1 saturated carbocycles. The molecule has 1 aliphatic carbocycles. The zero-order valence-corrected chi connectivity index (χ0v) is 11.6. The second-order valence-electron chi connectivity index (χ2n) is 4.36. The topological polar surface area (TPSA) is 20.3 Å². The Bertz CT molecular complexity index is 385. The highest BCUT2D eigenvalue weighted by molar-refractivity contribution is 14.1. The van der Waals surface area contributed by atoms with Gasteiger partial charge in [0.2, 0.25) is 0 Å². The van der Waals surface area contributed by atoms with E-state index in [1.165, 1.54) is 12.8 Å². The first-order chi connectivity index (χ1) is 7.68. The molecule has 0 atom stereocenters. The Hall–Kier alpha value is -0.580. The fraction of sp³-hybridized carbons (Fsp3) is 0.462. The summed E-state index contributed by atoms with van der Waals surface area (Å²) in [4.78, 5) is 14.1. The van der Waals surface area contributed by atoms with Crippen LogP contribution in [-0.2, 0) is 0 Å². The molecular weight excluding hydrogens is 313 g/mol. The van der Waals surface area contributed by atoms with Crippen molar-refractivity contribution in [1.29, 1.82) is 0 Å². The number of halogens is 1. The molecule has 1 aliphatic rings. The van der Waals surface area contributed by atoms with Gasteiger partial charge in [-0.05, 0) is 53.6 Å². The van der Waals surface area contributed by atoms with Gasteiger partial charge in [-0.25, -0.2) is 0 Å². The summed E-state index contributed by atoms with van der Waals surface area (Å²) in [6.45, 7) is 0. The third-order valence-corrected chi connectivity index (χ3v) is 3.94. The van der Waals surface area contributed by atoms with E-state index in [4.69, 9.17) is 0 Å². The molecule has 0 radical (unpaired) electrons. The highest BCUT2D eigenvalue weighted by Crippen LogP contribution is 2.23. The third-order valence-electron chi connectivity index (χ3n) is 3.26. The van der Waals surface area contributed by atoms with Gasteiger partial charge in [-0.3, -0.25) is 4.79 Å². The molecule has 0 spiro atoms. The molecule has 0 aromatic heterocycles. The minimum Gasteiger partial charge on any atom is -0.339 e. The molecule has 0 saturated heterocycles. The van der Waals surface area contributed by atoms with E-state index < -0.39 is 0 Å². The molecule has 86 valence electrons. The first-order valence-corrected chi connectivity index (χ1v) is 6.79. The number of rotatable bonds is 2. The highest BCUT2D eigenvalue weighted by atomic mass is 127. The number of carbonyl (C=O) groups excluding carboxylic acids is 1. The van der Waals surface area contributed by atoms with Gasteiger partial charge in [0, 0.05) is 22.2 Å². The number of nitrogens with zero attached hydrogens (tertiary/aromatic N) is 1. The number of amides is 1. The molecule has 2 rings (SSSR count). The van der Waals surface area contributed by atoms with Crippen molar-refractivity contribution >= 4 is 28.5 Å². The van der Waals surface area contributed by atoms with Crippen LogP contribution in [-0.4, -0.2) is 23.9 Å². The zero-order chi connectivity index (χ0) is 11.5. The van der Waals surface area contributed by atoms with Crippen molar-refractivity contribution in [1.82, 2.24) is 4.90 Å². The Morgan fingerprint density at radius 2 is 2.06 bits per heavy atom. The van der Waals surface area contributed by atoms with Crippen molar-refractivity contribution < 1.29 is 4.79 Å². The second kappa shape index (κ2) is 5.17. The average molecular weight is 329 g/mol. The first-order valence-electron chi connectivity index (χ1n) is 5.71. The van der Waals surface area contributed by atoms with E-state index in [-0.39, 0.29) is 5.91 Å². The summed E-state index contributed by atoms with van der Waals surface area (Å²) in [6, 6.07) is 8.25. The summed E-state index contributed by atoms with van der Waals surface area (Å²) in [5.74, 6) is 0.158. The normalized spacial score (nSPS) is 16.4. The molecule has 16 heavy (non-hydrogen) atoms. The van der Waals surface area contributed by atoms with E-state index >= 15 is 0 Å². The summed E-state index contributed by atoms with van der Waals surface area (Å²) in [7, 11) is 1.93. The van der Waals surface area contributed by atoms with Crippen molar-refractivity contribution in [2.75, 3.05) is 7.05 Å². The van der Waals surface area contributed by atoms with Gasteiger partial charge in [-0.1, -0.05) is 18.9 Å². The molecular formula is C13H16INO. The summed E-state index contributed by atoms with van der Waals surface area (Å²) >= 11 is 2.24. The van der Waals surface area contributed by atoms with Crippen LogP contribution in [0, 0.1) is 3.57 Å². The molecule has 1 fully saturated rings. The van der Waals surface area contributed by atoms with Crippen LogP contribution >= 0.6 is 22.6 Å². The van der Waals surface area contributed by atoms with Crippen LogP contribution in [0.1, 0.15) is 36.0 Å². The Balaban J connectivity index is 2.12. The summed E-state index contributed by atoms with van der Waals surface area (Å²) in [6.07, 6.45) is 4.83. The second-order valence-corrected chi connectivity index (χ2v) is 5.61. The van der Waals surface area contributed by atoms with Crippen molar-refractivity contribution in [3.63, 3.8) is 0 Å². The van der Waals surface area contributed by atoms with Crippen LogP contribution in [0.25, 0.3) is 0 Å². The van der Waals surface area contributed by atoms with Crippen LogP contribution in [0.5, 0.6) is 0 Å². The lowest BCUT2D eigenvalue weighted by molar-refractivity contribution is 0.0735. The fourth-order valence-corrected chi connectivity index (χ4v) is 2.83. The molecule has 0 aliphatic heterocycles.